The molecule has 0 unspecified atom stereocenters. The smallest absolute Gasteiger partial charge is 0.338 e. The number of para-hydroxylation sites is 1. The van der Waals surface area contributed by atoms with Crippen molar-refractivity contribution in [2.24, 2.45) is 5.92 Å². The Balaban J connectivity index is 1.74. The van der Waals surface area contributed by atoms with Crippen LogP contribution in [0.5, 0.6) is 5.75 Å². The van der Waals surface area contributed by atoms with Crippen molar-refractivity contribution >= 4 is 12.0 Å². The highest BCUT2D eigenvalue weighted by atomic mass is 16.6. The van der Waals surface area contributed by atoms with Crippen molar-refractivity contribution in [3.63, 3.8) is 0 Å². The minimum Gasteiger partial charge on any atom is -0.494 e. The SMILES string of the molecule is COCCOC(=O)C1=C(C)NC(=O)N[C@@H]1c1cn(-c2ccccc2)nc1-c1ccc(OCCC(C)C)cc1. The lowest BCUT2D eigenvalue weighted by molar-refractivity contribution is -0.140. The first kappa shape index (κ1) is 26.9. The summed E-state index contributed by atoms with van der Waals surface area (Å²) in [6.07, 6.45) is 2.81. The normalized spacial score (nSPS) is 15.3. The van der Waals surface area contributed by atoms with E-state index < -0.39 is 18.0 Å². The van der Waals surface area contributed by atoms with Gasteiger partial charge in [-0.1, -0.05) is 32.0 Å². The molecule has 1 aromatic heterocycles. The van der Waals surface area contributed by atoms with E-state index in [0.29, 0.717) is 35.1 Å². The fourth-order valence-corrected chi connectivity index (χ4v) is 4.15. The van der Waals surface area contributed by atoms with Gasteiger partial charge in [-0.15, -0.1) is 0 Å². The molecule has 2 N–H and O–H groups in total. The van der Waals surface area contributed by atoms with Gasteiger partial charge in [0.1, 0.15) is 12.4 Å². The lowest BCUT2D eigenvalue weighted by Crippen LogP contribution is -2.45. The third-order valence-corrected chi connectivity index (χ3v) is 6.18. The van der Waals surface area contributed by atoms with E-state index in [1.54, 1.807) is 11.6 Å². The molecule has 38 heavy (non-hydrogen) atoms. The highest BCUT2D eigenvalue weighted by molar-refractivity contribution is 5.95. The molecule has 2 aromatic carbocycles. The standard InChI is InChI=1S/C29H34N4O5/c1-19(2)14-15-37-23-12-10-21(11-13-23)26-24(18-33(32-26)22-8-6-5-7-9-22)27-25(20(3)30-29(35)31-27)28(34)38-17-16-36-4/h5-13,18-19,27H,14-17H2,1-4H3,(H2,30,31,35)/t27-/m1/s1. The number of urea groups is 1. The van der Waals surface area contributed by atoms with Crippen molar-refractivity contribution in [1.29, 1.82) is 0 Å². The van der Waals surface area contributed by atoms with Crippen LogP contribution >= 0.6 is 0 Å². The molecule has 2 amide bonds. The summed E-state index contributed by atoms with van der Waals surface area (Å²) in [4.78, 5) is 25.7. The molecular formula is C29H34N4O5. The molecule has 4 rings (SSSR count). The zero-order valence-electron chi connectivity index (χ0n) is 22.2. The molecule has 3 aromatic rings. The Hall–Kier alpha value is -4.11. The van der Waals surface area contributed by atoms with Gasteiger partial charge in [0.05, 0.1) is 36.2 Å². The van der Waals surface area contributed by atoms with Gasteiger partial charge in [-0.05, 0) is 55.7 Å². The number of nitrogens with one attached hydrogen (secondary N) is 2. The Morgan fingerprint density at radius 1 is 1.05 bits per heavy atom. The van der Waals surface area contributed by atoms with Crippen LogP contribution in [0.3, 0.4) is 0 Å². The molecule has 200 valence electrons. The van der Waals surface area contributed by atoms with E-state index in [2.05, 4.69) is 24.5 Å². The Bertz CT molecular complexity index is 1280. The van der Waals surface area contributed by atoms with Gasteiger partial charge in [0, 0.05) is 30.1 Å². The van der Waals surface area contributed by atoms with Crippen LogP contribution in [0.2, 0.25) is 0 Å². The first-order valence-electron chi connectivity index (χ1n) is 12.7. The number of hydrogen-bond acceptors (Lipinski definition) is 6. The quantitative estimate of drug-likeness (QED) is 0.280. The number of benzene rings is 2. The van der Waals surface area contributed by atoms with Crippen molar-refractivity contribution in [3.05, 3.63) is 77.6 Å². The molecule has 0 bridgehead atoms. The number of allylic oxidation sites excluding steroid dienone is 1. The Kier molecular flexibility index (Phi) is 8.81. The van der Waals surface area contributed by atoms with E-state index in [1.807, 2.05) is 60.8 Å². The number of ether oxygens (including phenoxy) is 3. The van der Waals surface area contributed by atoms with Crippen LogP contribution < -0.4 is 15.4 Å². The molecule has 9 nitrogen and oxygen atoms in total. The van der Waals surface area contributed by atoms with Crippen molar-refractivity contribution in [2.45, 2.75) is 33.2 Å². The van der Waals surface area contributed by atoms with Gasteiger partial charge < -0.3 is 24.8 Å². The number of amides is 2. The topological polar surface area (TPSA) is 104 Å². The largest absolute Gasteiger partial charge is 0.494 e. The van der Waals surface area contributed by atoms with Crippen LogP contribution in [0.4, 0.5) is 4.79 Å². The number of rotatable bonds is 11. The van der Waals surface area contributed by atoms with Gasteiger partial charge >= 0.3 is 12.0 Å². The summed E-state index contributed by atoms with van der Waals surface area (Å²) in [6, 6.07) is 16.2. The van der Waals surface area contributed by atoms with E-state index >= 15 is 0 Å². The molecule has 9 heteroatoms. The van der Waals surface area contributed by atoms with Gasteiger partial charge in [-0.3, -0.25) is 0 Å². The third kappa shape index (κ3) is 6.41. The molecule has 0 aliphatic carbocycles. The second-order valence-corrected chi connectivity index (χ2v) is 9.47. The van der Waals surface area contributed by atoms with Gasteiger partial charge in [0.25, 0.3) is 0 Å². The fraction of sp³-hybridized carbons (Fsp3) is 0.345. The molecule has 0 saturated heterocycles. The van der Waals surface area contributed by atoms with E-state index in [9.17, 15) is 9.59 Å². The second-order valence-electron chi connectivity index (χ2n) is 9.47. The maximum absolute atomic E-state index is 13.1. The number of methoxy groups -OCH3 is 1. The number of aromatic nitrogens is 2. The number of carbonyl (C=O) groups is 2. The lowest BCUT2D eigenvalue weighted by Gasteiger charge is -2.28. The number of hydrogen-bond donors (Lipinski definition) is 2. The average Bonchev–Trinajstić information content (AvgIpc) is 3.34. The van der Waals surface area contributed by atoms with Crippen LogP contribution in [0.15, 0.2) is 72.1 Å². The molecule has 0 spiro atoms. The highest BCUT2D eigenvalue weighted by Gasteiger charge is 2.35. The summed E-state index contributed by atoms with van der Waals surface area (Å²) >= 11 is 0. The summed E-state index contributed by atoms with van der Waals surface area (Å²) < 4.78 is 18.1. The van der Waals surface area contributed by atoms with Crippen LogP contribution in [-0.2, 0) is 14.3 Å². The summed E-state index contributed by atoms with van der Waals surface area (Å²) in [5, 5.41) is 10.4. The molecule has 2 heterocycles. The van der Waals surface area contributed by atoms with Crippen molar-refractivity contribution in [1.82, 2.24) is 20.4 Å². The molecule has 0 radical (unpaired) electrons. The van der Waals surface area contributed by atoms with Crippen molar-refractivity contribution < 1.29 is 23.8 Å². The van der Waals surface area contributed by atoms with Gasteiger partial charge in [-0.2, -0.15) is 5.10 Å². The van der Waals surface area contributed by atoms with Crippen LogP contribution in [0, 0.1) is 5.92 Å². The van der Waals surface area contributed by atoms with E-state index in [4.69, 9.17) is 19.3 Å². The summed E-state index contributed by atoms with van der Waals surface area (Å²) in [5.74, 6) is 0.794. The number of carbonyl (C=O) groups excluding carboxylic acids is 2. The van der Waals surface area contributed by atoms with Gasteiger partial charge in [-0.25, -0.2) is 14.3 Å². The molecule has 1 aliphatic heterocycles. The Morgan fingerprint density at radius 2 is 1.79 bits per heavy atom. The number of nitrogens with zero attached hydrogens (tertiary/aromatic N) is 2. The minimum atomic E-state index is -0.770. The van der Waals surface area contributed by atoms with E-state index in [-0.39, 0.29) is 13.2 Å². The first-order valence-corrected chi connectivity index (χ1v) is 12.7. The average molecular weight is 519 g/mol. The molecule has 0 fully saturated rings. The highest BCUT2D eigenvalue weighted by Crippen LogP contribution is 2.35. The summed E-state index contributed by atoms with van der Waals surface area (Å²) in [5.41, 5.74) is 3.69. The Morgan fingerprint density at radius 3 is 2.47 bits per heavy atom. The van der Waals surface area contributed by atoms with E-state index in [0.717, 1.165) is 23.4 Å². The molecule has 1 atom stereocenters. The number of esters is 1. The van der Waals surface area contributed by atoms with Crippen LogP contribution in [-0.4, -0.2) is 48.7 Å². The Labute approximate surface area is 222 Å². The maximum atomic E-state index is 13.1. The molecular weight excluding hydrogens is 484 g/mol. The predicted molar refractivity (Wildman–Crippen MR) is 144 cm³/mol. The van der Waals surface area contributed by atoms with Crippen LogP contribution in [0.1, 0.15) is 38.8 Å². The van der Waals surface area contributed by atoms with Crippen molar-refractivity contribution in [2.75, 3.05) is 26.9 Å². The zero-order chi connectivity index (χ0) is 27.1. The maximum Gasteiger partial charge on any atom is 0.338 e. The first-order chi connectivity index (χ1) is 18.4. The van der Waals surface area contributed by atoms with E-state index in [1.165, 1.54) is 7.11 Å². The minimum absolute atomic E-state index is 0.0984. The lowest BCUT2D eigenvalue weighted by atomic mass is 9.94. The van der Waals surface area contributed by atoms with Gasteiger partial charge in [0.15, 0.2) is 0 Å². The molecule has 0 saturated carbocycles. The third-order valence-electron chi connectivity index (χ3n) is 6.18. The monoisotopic (exact) mass is 518 g/mol. The van der Waals surface area contributed by atoms with Crippen molar-refractivity contribution in [3.8, 4) is 22.7 Å². The predicted octanol–water partition coefficient (Wildman–Crippen LogP) is 4.78. The van der Waals surface area contributed by atoms with Crippen LogP contribution in [0.25, 0.3) is 16.9 Å². The van der Waals surface area contributed by atoms with Gasteiger partial charge in [0.2, 0.25) is 0 Å². The second kappa shape index (κ2) is 12.4. The summed E-state index contributed by atoms with van der Waals surface area (Å²) in [7, 11) is 1.54. The fourth-order valence-electron chi connectivity index (χ4n) is 4.15. The summed E-state index contributed by atoms with van der Waals surface area (Å²) in [6.45, 7) is 7.02. The molecule has 1 aliphatic rings. The zero-order valence-corrected chi connectivity index (χ0v) is 22.2.